The van der Waals surface area contributed by atoms with E-state index in [1.165, 1.54) is 12.3 Å². The van der Waals surface area contributed by atoms with Gasteiger partial charge in [0.1, 0.15) is 12.1 Å². The Kier molecular flexibility index (Phi) is 4.13. The molecule has 5 nitrogen and oxygen atoms in total. The third kappa shape index (κ3) is 3.27. The van der Waals surface area contributed by atoms with Gasteiger partial charge in [0.2, 0.25) is 5.91 Å². The molecule has 1 fully saturated rings. The minimum atomic E-state index is -4.41. The molecule has 1 aliphatic rings. The van der Waals surface area contributed by atoms with Crippen molar-refractivity contribution in [3.63, 3.8) is 0 Å². The molecule has 27 heavy (non-hydrogen) atoms. The minimum Gasteiger partial charge on any atom is -0.338 e. The van der Waals surface area contributed by atoms with Gasteiger partial charge in [-0.15, -0.1) is 0 Å². The Morgan fingerprint density at radius 1 is 1.22 bits per heavy atom. The Morgan fingerprint density at radius 3 is 2.70 bits per heavy atom. The third-order valence-electron chi connectivity index (χ3n) is 4.94. The lowest BCUT2D eigenvalue weighted by molar-refractivity contribution is -0.139. The van der Waals surface area contributed by atoms with Crippen LogP contribution < -0.4 is 0 Å². The Morgan fingerprint density at radius 2 is 2.04 bits per heavy atom. The number of amides is 1. The van der Waals surface area contributed by atoms with E-state index in [1.807, 2.05) is 6.92 Å². The Labute approximate surface area is 153 Å². The van der Waals surface area contributed by atoms with Gasteiger partial charge in [0.05, 0.1) is 17.3 Å². The van der Waals surface area contributed by atoms with Crippen molar-refractivity contribution in [3.8, 4) is 11.1 Å². The van der Waals surface area contributed by atoms with Gasteiger partial charge in [-0.1, -0.05) is 12.1 Å². The number of pyridine rings is 1. The number of likely N-dealkylation sites (tertiary alicyclic amines) is 1. The number of hydrogen-bond donors (Lipinski definition) is 0. The molecule has 2 aromatic heterocycles. The fourth-order valence-electron chi connectivity index (χ4n) is 3.22. The van der Waals surface area contributed by atoms with Crippen molar-refractivity contribution in [3.05, 3.63) is 48.3 Å². The van der Waals surface area contributed by atoms with Crippen LogP contribution >= 0.6 is 0 Å². The van der Waals surface area contributed by atoms with Gasteiger partial charge in [0.25, 0.3) is 0 Å². The number of benzene rings is 1. The molecule has 3 heterocycles. The standard InChI is InChI=1S/C19H17F3N4O/c1-12-5-6-25(12)18(27)11-26-17-8-14(9-23-16(17)10-24-26)13-3-2-4-15(7-13)19(20,21)22/h2-4,7-10,12H,5-6,11H2,1H3. The zero-order valence-electron chi connectivity index (χ0n) is 14.6. The Bertz CT molecular complexity index is 1010. The highest BCUT2D eigenvalue weighted by atomic mass is 19.4. The van der Waals surface area contributed by atoms with Gasteiger partial charge in [-0.2, -0.15) is 18.3 Å². The number of carbonyl (C=O) groups excluding carboxylic acids is 1. The first-order chi connectivity index (χ1) is 12.8. The van der Waals surface area contributed by atoms with Gasteiger partial charge in [0.15, 0.2) is 0 Å². The molecule has 0 aliphatic carbocycles. The first-order valence-electron chi connectivity index (χ1n) is 8.61. The molecule has 8 heteroatoms. The van der Waals surface area contributed by atoms with Gasteiger partial charge >= 0.3 is 6.18 Å². The molecule has 0 bridgehead atoms. The number of hydrogen-bond acceptors (Lipinski definition) is 3. The van der Waals surface area contributed by atoms with E-state index >= 15 is 0 Å². The maximum Gasteiger partial charge on any atom is 0.416 e. The molecule has 0 saturated carbocycles. The SMILES string of the molecule is CC1CCN1C(=O)Cn1ncc2ncc(-c3cccc(C(F)(F)F)c3)cc21. The molecule has 1 aromatic carbocycles. The van der Waals surface area contributed by atoms with Gasteiger partial charge < -0.3 is 4.90 Å². The number of nitrogens with zero attached hydrogens (tertiary/aromatic N) is 4. The lowest BCUT2D eigenvalue weighted by Gasteiger charge is -2.38. The highest BCUT2D eigenvalue weighted by molar-refractivity contribution is 5.83. The summed E-state index contributed by atoms with van der Waals surface area (Å²) >= 11 is 0. The van der Waals surface area contributed by atoms with Crippen molar-refractivity contribution in [2.75, 3.05) is 6.54 Å². The Balaban J connectivity index is 1.67. The average molecular weight is 374 g/mol. The van der Waals surface area contributed by atoms with Crippen LogP contribution in [0.15, 0.2) is 42.7 Å². The predicted molar refractivity (Wildman–Crippen MR) is 93.8 cm³/mol. The summed E-state index contributed by atoms with van der Waals surface area (Å²) in [6.45, 7) is 2.82. The van der Waals surface area contributed by atoms with Crippen molar-refractivity contribution >= 4 is 16.9 Å². The monoisotopic (exact) mass is 374 g/mol. The van der Waals surface area contributed by atoms with Crippen LogP contribution in [0.25, 0.3) is 22.2 Å². The molecule has 140 valence electrons. The molecule has 0 radical (unpaired) electrons. The highest BCUT2D eigenvalue weighted by Gasteiger charge is 2.31. The molecule has 4 rings (SSSR count). The van der Waals surface area contributed by atoms with E-state index in [9.17, 15) is 18.0 Å². The van der Waals surface area contributed by atoms with Gasteiger partial charge in [-0.3, -0.25) is 14.5 Å². The molecular formula is C19H17F3N4O. The number of halogens is 3. The largest absolute Gasteiger partial charge is 0.416 e. The second-order valence-electron chi connectivity index (χ2n) is 6.73. The van der Waals surface area contributed by atoms with Crippen LogP contribution in [0.5, 0.6) is 0 Å². The fraction of sp³-hybridized carbons (Fsp3) is 0.316. The highest BCUT2D eigenvalue weighted by Crippen LogP contribution is 2.32. The number of fused-ring (bicyclic) bond motifs is 1. The van der Waals surface area contributed by atoms with Crippen LogP contribution in [0, 0.1) is 0 Å². The molecule has 0 N–H and O–H groups in total. The van der Waals surface area contributed by atoms with Crippen LogP contribution in [0.3, 0.4) is 0 Å². The summed E-state index contributed by atoms with van der Waals surface area (Å²) in [5.74, 6) is -0.0248. The molecular weight excluding hydrogens is 357 g/mol. The van der Waals surface area contributed by atoms with Crippen LogP contribution in [-0.4, -0.2) is 38.2 Å². The van der Waals surface area contributed by atoms with E-state index in [0.29, 0.717) is 22.2 Å². The normalized spacial score (nSPS) is 17.2. The quantitative estimate of drug-likeness (QED) is 0.702. The number of carbonyl (C=O) groups is 1. The lowest BCUT2D eigenvalue weighted by Crippen LogP contribution is -2.50. The van der Waals surface area contributed by atoms with E-state index in [0.717, 1.165) is 25.1 Å². The molecule has 0 spiro atoms. The van der Waals surface area contributed by atoms with E-state index in [2.05, 4.69) is 10.1 Å². The van der Waals surface area contributed by atoms with E-state index < -0.39 is 11.7 Å². The summed E-state index contributed by atoms with van der Waals surface area (Å²) in [4.78, 5) is 18.4. The fourth-order valence-corrected chi connectivity index (χ4v) is 3.22. The summed E-state index contributed by atoms with van der Waals surface area (Å²) < 4.78 is 40.5. The van der Waals surface area contributed by atoms with Gasteiger partial charge in [-0.25, -0.2) is 0 Å². The smallest absolute Gasteiger partial charge is 0.338 e. The summed E-state index contributed by atoms with van der Waals surface area (Å²) in [7, 11) is 0. The summed E-state index contributed by atoms with van der Waals surface area (Å²) in [5, 5.41) is 4.22. The zero-order valence-corrected chi connectivity index (χ0v) is 14.6. The summed E-state index contributed by atoms with van der Waals surface area (Å²) in [6.07, 6.45) is -0.344. The van der Waals surface area contributed by atoms with Crippen LogP contribution in [0.1, 0.15) is 18.9 Å². The summed E-state index contributed by atoms with van der Waals surface area (Å²) in [5.41, 5.74) is 1.45. The van der Waals surface area contributed by atoms with Crippen LogP contribution in [0.4, 0.5) is 13.2 Å². The van der Waals surface area contributed by atoms with E-state index in [1.54, 1.807) is 27.9 Å². The van der Waals surface area contributed by atoms with E-state index in [4.69, 9.17) is 0 Å². The molecule has 1 saturated heterocycles. The first kappa shape index (κ1) is 17.5. The van der Waals surface area contributed by atoms with Crippen LogP contribution in [0.2, 0.25) is 0 Å². The minimum absolute atomic E-state index is 0.0248. The molecule has 1 atom stereocenters. The van der Waals surface area contributed by atoms with Gasteiger partial charge in [-0.05, 0) is 37.1 Å². The topological polar surface area (TPSA) is 51.0 Å². The van der Waals surface area contributed by atoms with Gasteiger partial charge in [0, 0.05) is 24.3 Å². The second-order valence-corrected chi connectivity index (χ2v) is 6.73. The second kappa shape index (κ2) is 6.37. The van der Waals surface area contributed by atoms with E-state index in [-0.39, 0.29) is 18.5 Å². The molecule has 1 aliphatic heterocycles. The zero-order chi connectivity index (χ0) is 19.2. The molecule has 1 amide bonds. The first-order valence-corrected chi connectivity index (χ1v) is 8.61. The van der Waals surface area contributed by atoms with Crippen molar-refractivity contribution < 1.29 is 18.0 Å². The summed E-state index contributed by atoms with van der Waals surface area (Å²) in [6, 6.07) is 7.05. The van der Waals surface area contributed by atoms with Crippen molar-refractivity contribution in [2.45, 2.75) is 32.1 Å². The number of alkyl halides is 3. The molecule has 3 aromatic rings. The average Bonchev–Trinajstić information content (AvgIpc) is 3.02. The number of aromatic nitrogens is 3. The van der Waals surface area contributed by atoms with Crippen LogP contribution in [-0.2, 0) is 17.5 Å². The van der Waals surface area contributed by atoms with Crippen molar-refractivity contribution in [2.24, 2.45) is 0 Å². The number of rotatable bonds is 3. The van der Waals surface area contributed by atoms with Crippen molar-refractivity contribution in [1.82, 2.24) is 19.7 Å². The molecule has 1 unspecified atom stereocenters. The van der Waals surface area contributed by atoms with Crippen molar-refractivity contribution in [1.29, 1.82) is 0 Å². The lowest BCUT2D eigenvalue weighted by atomic mass is 10.0. The third-order valence-corrected chi connectivity index (χ3v) is 4.94. The maximum atomic E-state index is 13.0. The maximum absolute atomic E-state index is 13.0. The Hall–Kier alpha value is -2.90. The predicted octanol–water partition coefficient (Wildman–Crippen LogP) is 3.74.